The molecule has 8 heteroatoms. The maximum atomic E-state index is 12.4. The number of imide groups is 1. The lowest BCUT2D eigenvalue weighted by atomic mass is 10.1. The van der Waals surface area contributed by atoms with Gasteiger partial charge in [-0.05, 0) is 18.4 Å². The van der Waals surface area contributed by atoms with E-state index in [-0.39, 0.29) is 12.2 Å². The molecule has 0 atom stereocenters. The SMILES string of the molecule is C#CCOC(=O)NC(=O)c1c(-c2ccc(Cl)cc2)n[nH]c1SC. The molecule has 0 aliphatic rings. The largest absolute Gasteiger partial charge is 0.436 e. The number of rotatable bonds is 4. The van der Waals surface area contributed by atoms with Crippen molar-refractivity contribution in [1.29, 1.82) is 0 Å². The topological polar surface area (TPSA) is 84.1 Å². The molecule has 0 saturated carbocycles. The van der Waals surface area contributed by atoms with Crippen molar-refractivity contribution in [1.82, 2.24) is 15.5 Å². The Hall–Kier alpha value is -2.43. The average Bonchev–Trinajstić information content (AvgIpc) is 2.97. The second kappa shape index (κ2) is 7.72. The highest BCUT2D eigenvalue weighted by Crippen LogP contribution is 2.29. The maximum absolute atomic E-state index is 12.4. The number of H-pyrrole nitrogens is 1. The third-order valence-electron chi connectivity index (χ3n) is 2.78. The molecule has 1 aromatic heterocycles. The number of hydrogen-bond donors (Lipinski definition) is 2. The number of hydrogen-bond acceptors (Lipinski definition) is 5. The number of nitrogens with zero attached hydrogens (tertiary/aromatic N) is 1. The number of halogens is 1. The Balaban J connectivity index is 2.31. The van der Waals surface area contributed by atoms with Gasteiger partial charge in [0.05, 0.1) is 5.56 Å². The number of aromatic amines is 1. The first-order valence-electron chi connectivity index (χ1n) is 6.36. The molecule has 0 aliphatic heterocycles. The Morgan fingerprint density at radius 3 is 2.74 bits per heavy atom. The number of nitrogens with one attached hydrogen (secondary N) is 2. The molecule has 1 heterocycles. The van der Waals surface area contributed by atoms with Crippen LogP contribution in [0.5, 0.6) is 0 Å². The van der Waals surface area contributed by atoms with Gasteiger partial charge >= 0.3 is 6.09 Å². The first-order chi connectivity index (χ1) is 11.1. The molecule has 0 aliphatic carbocycles. The molecule has 2 amide bonds. The van der Waals surface area contributed by atoms with E-state index in [1.165, 1.54) is 11.8 Å². The predicted octanol–water partition coefficient (Wildman–Crippen LogP) is 2.95. The second-order valence-corrected chi connectivity index (χ2v) is 5.47. The van der Waals surface area contributed by atoms with E-state index in [1.54, 1.807) is 30.5 Å². The summed E-state index contributed by atoms with van der Waals surface area (Å²) < 4.78 is 4.63. The number of thioether (sulfide) groups is 1. The first-order valence-corrected chi connectivity index (χ1v) is 7.97. The van der Waals surface area contributed by atoms with Crippen LogP contribution < -0.4 is 5.32 Å². The highest BCUT2D eigenvalue weighted by molar-refractivity contribution is 7.98. The Labute approximate surface area is 141 Å². The van der Waals surface area contributed by atoms with Crippen molar-refractivity contribution in [3.8, 4) is 23.6 Å². The summed E-state index contributed by atoms with van der Waals surface area (Å²) in [7, 11) is 0. The summed E-state index contributed by atoms with van der Waals surface area (Å²) in [6.45, 7) is -0.218. The minimum atomic E-state index is -0.914. The van der Waals surface area contributed by atoms with Gasteiger partial charge in [-0.1, -0.05) is 29.7 Å². The van der Waals surface area contributed by atoms with Crippen LogP contribution in [0.3, 0.4) is 0 Å². The summed E-state index contributed by atoms with van der Waals surface area (Å²) in [6, 6.07) is 6.84. The van der Waals surface area contributed by atoms with Crippen LogP contribution in [0, 0.1) is 12.3 Å². The molecule has 0 unspecified atom stereocenters. The Kier molecular flexibility index (Phi) is 5.68. The summed E-state index contributed by atoms with van der Waals surface area (Å²) in [5.74, 6) is 1.51. The number of amides is 2. The van der Waals surface area contributed by atoms with Gasteiger partial charge in [0.15, 0.2) is 6.61 Å². The Morgan fingerprint density at radius 2 is 2.13 bits per heavy atom. The quantitative estimate of drug-likeness (QED) is 0.655. The minimum absolute atomic E-state index is 0.218. The van der Waals surface area contributed by atoms with Gasteiger partial charge in [-0.3, -0.25) is 15.2 Å². The van der Waals surface area contributed by atoms with Gasteiger partial charge in [-0.25, -0.2) is 4.79 Å². The molecular formula is C15H12ClN3O3S. The van der Waals surface area contributed by atoms with Crippen molar-refractivity contribution in [3.63, 3.8) is 0 Å². The van der Waals surface area contributed by atoms with Gasteiger partial charge in [0.1, 0.15) is 10.7 Å². The zero-order valence-electron chi connectivity index (χ0n) is 12.1. The summed E-state index contributed by atoms with van der Waals surface area (Å²) in [4.78, 5) is 23.9. The van der Waals surface area contributed by atoms with Crippen LogP contribution in [0.4, 0.5) is 4.79 Å². The van der Waals surface area contributed by atoms with Gasteiger partial charge in [0, 0.05) is 10.6 Å². The number of ether oxygens (including phenoxy) is 1. The normalized spacial score (nSPS) is 9.96. The van der Waals surface area contributed by atoms with Crippen LogP contribution in [0.15, 0.2) is 29.3 Å². The lowest BCUT2D eigenvalue weighted by Gasteiger charge is -2.06. The van der Waals surface area contributed by atoms with Crippen molar-refractivity contribution < 1.29 is 14.3 Å². The first kappa shape index (κ1) is 16.9. The van der Waals surface area contributed by atoms with Crippen molar-refractivity contribution >= 4 is 35.4 Å². The maximum Gasteiger partial charge on any atom is 0.415 e. The zero-order chi connectivity index (χ0) is 16.8. The van der Waals surface area contributed by atoms with Crippen LogP contribution in [0.1, 0.15) is 10.4 Å². The average molecular weight is 350 g/mol. The Morgan fingerprint density at radius 1 is 1.43 bits per heavy atom. The monoisotopic (exact) mass is 349 g/mol. The molecule has 0 spiro atoms. The van der Waals surface area contributed by atoms with E-state index in [1.807, 2.05) is 0 Å². The van der Waals surface area contributed by atoms with E-state index in [9.17, 15) is 9.59 Å². The minimum Gasteiger partial charge on any atom is -0.436 e. The van der Waals surface area contributed by atoms with E-state index in [2.05, 4.69) is 26.2 Å². The molecule has 118 valence electrons. The molecule has 2 aromatic rings. The molecule has 2 N–H and O–H groups in total. The van der Waals surface area contributed by atoms with Crippen molar-refractivity contribution in [2.75, 3.05) is 12.9 Å². The molecule has 0 saturated heterocycles. The van der Waals surface area contributed by atoms with Crippen LogP contribution in [-0.4, -0.2) is 35.1 Å². The van der Waals surface area contributed by atoms with Gasteiger partial charge < -0.3 is 4.74 Å². The van der Waals surface area contributed by atoms with Gasteiger partial charge in [-0.2, -0.15) is 5.10 Å². The molecule has 1 aromatic carbocycles. The van der Waals surface area contributed by atoms with Crippen LogP contribution >= 0.6 is 23.4 Å². The predicted molar refractivity (Wildman–Crippen MR) is 88.5 cm³/mol. The van der Waals surface area contributed by atoms with Gasteiger partial charge in [0.2, 0.25) is 0 Å². The van der Waals surface area contributed by atoms with Crippen molar-refractivity contribution in [2.24, 2.45) is 0 Å². The van der Waals surface area contributed by atoms with Gasteiger partial charge in [0.25, 0.3) is 5.91 Å². The number of aromatic nitrogens is 2. The third kappa shape index (κ3) is 4.06. The van der Waals surface area contributed by atoms with Crippen LogP contribution in [0.25, 0.3) is 11.3 Å². The van der Waals surface area contributed by atoms with E-state index in [0.29, 0.717) is 21.3 Å². The highest BCUT2D eigenvalue weighted by Gasteiger charge is 2.23. The fraction of sp³-hybridized carbons (Fsp3) is 0.133. The summed E-state index contributed by atoms with van der Waals surface area (Å²) in [5.41, 5.74) is 1.35. The number of alkyl carbamates (subject to hydrolysis) is 1. The smallest absolute Gasteiger partial charge is 0.415 e. The molecular weight excluding hydrogens is 338 g/mol. The number of carbonyl (C=O) groups excluding carboxylic acids is 2. The summed E-state index contributed by atoms with van der Waals surface area (Å²) in [6.07, 6.45) is 5.86. The Bertz CT molecular complexity index is 765. The van der Waals surface area contributed by atoms with Crippen molar-refractivity contribution in [2.45, 2.75) is 5.03 Å². The highest BCUT2D eigenvalue weighted by atomic mass is 35.5. The van der Waals surface area contributed by atoms with E-state index >= 15 is 0 Å². The molecule has 0 fully saturated rings. The van der Waals surface area contributed by atoms with Gasteiger partial charge in [-0.15, -0.1) is 18.2 Å². The van der Waals surface area contributed by atoms with E-state index in [4.69, 9.17) is 18.0 Å². The molecule has 0 bridgehead atoms. The lowest BCUT2D eigenvalue weighted by molar-refractivity contribution is 0.0928. The van der Waals surface area contributed by atoms with Crippen LogP contribution in [0.2, 0.25) is 5.02 Å². The molecule has 23 heavy (non-hydrogen) atoms. The molecule has 0 radical (unpaired) electrons. The van der Waals surface area contributed by atoms with Crippen LogP contribution in [-0.2, 0) is 4.74 Å². The third-order valence-corrected chi connectivity index (χ3v) is 3.74. The zero-order valence-corrected chi connectivity index (χ0v) is 13.6. The second-order valence-electron chi connectivity index (χ2n) is 4.22. The van der Waals surface area contributed by atoms with Crippen molar-refractivity contribution in [3.05, 3.63) is 34.9 Å². The van der Waals surface area contributed by atoms with E-state index in [0.717, 1.165) is 0 Å². The fourth-order valence-electron chi connectivity index (χ4n) is 1.80. The summed E-state index contributed by atoms with van der Waals surface area (Å²) >= 11 is 7.16. The fourth-order valence-corrected chi connectivity index (χ4v) is 2.46. The van der Waals surface area contributed by atoms with E-state index < -0.39 is 12.0 Å². The lowest BCUT2D eigenvalue weighted by Crippen LogP contribution is -2.31. The standard InChI is InChI=1S/C15H12ClN3O3S/c1-3-8-22-15(21)17-13(20)11-12(18-19-14(11)23-2)9-4-6-10(16)7-5-9/h1,4-7H,8H2,2H3,(H,18,19)(H,17,20,21). The molecule has 2 rings (SSSR count). The number of carbonyl (C=O) groups is 2. The molecule has 6 nitrogen and oxygen atoms in total. The number of terminal acetylenes is 1. The summed E-state index contributed by atoms with van der Waals surface area (Å²) in [5, 5.41) is 10.1. The number of benzene rings is 1.